The van der Waals surface area contributed by atoms with Crippen molar-refractivity contribution in [2.24, 2.45) is 0 Å². The average Bonchev–Trinajstić information content (AvgIpc) is 2.51. The van der Waals surface area contributed by atoms with E-state index in [0.29, 0.717) is 0 Å². The van der Waals surface area contributed by atoms with Gasteiger partial charge < -0.3 is 0 Å². The lowest BCUT2D eigenvalue weighted by Crippen LogP contribution is -2.04. The molecule has 1 aromatic carbocycles. The van der Waals surface area contributed by atoms with Gasteiger partial charge in [-0.25, -0.2) is 0 Å². The van der Waals surface area contributed by atoms with Gasteiger partial charge in [0.15, 0.2) is 0 Å². The largest absolute Gasteiger partial charge is 0.0772 e. The van der Waals surface area contributed by atoms with Gasteiger partial charge in [-0.3, -0.25) is 0 Å². The minimum absolute atomic E-state index is 0.980. The Kier molecular flexibility index (Phi) is 9.11. The van der Waals surface area contributed by atoms with Gasteiger partial charge in [0.25, 0.3) is 0 Å². The Morgan fingerprint density at radius 2 is 1.24 bits per heavy atom. The molecule has 1 radical (unpaired) electrons. The van der Waals surface area contributed by atoms with Gasteiger partial charge in [-0.2, -0.15) is 0 Å². The number of benzene rings is 1. The highest BCUT2D eigenvalue weighted by molar-refractivity contribution is 7.38. The zero-order chi connectivity index (χ0) is 14.6. The average molecular weight is 303 g/mol. The van der Waals surface area contributed by atoms with Crippen molar-refractivity contribution >= 4 is 8.58 Å². The molecule has 0 saturated heterocycles. The molecule has 1 saturated carbocycles. The molecule has 2 rings (SSSR count). The molecule has 0 aliphatic heterocycles. The highest BCUT2D eigenvalue weighted by Gasteiger charge is 2.10. The maximum atomic E-state index is 2.27. The van der Waals surface area contributed by atoms with E-state index in [-0.39, 0.29) is 0 Å². The minimum Gasteiger partial charge on any atom is -0.0772 e. The van der Waals surface area contributed by atoms with Crippen molar-refractivity contribution in [1.29, 1.82) is 0 Å². The standard InChI is InChI=1S/C20H32P/c1-2-4-6-11-15-20(16-12-7-5-3-1)21-18-17-19-13-9-8-10-14-19/h8-10,13-14,20H,1-7,11-12,15-18H2. The second kappa shape index (κ2) is 11.2. The number of aryl methyl sites for hydroxylation is 1. The normalized spacial score (nSPS) is 20.2. The zero-order valence-electron chi connectivity index (χ0n) is 13.6. The lowest BCUT2D eigenvalue weighted by atomic mass is 10.0. The van der Waals surface area contributed by atoms with Crippen LogP contribution in [0.15, 0.2) is 30.3 Å². The van der Waals surface area contributed by atoms with Crippen LogP contribution in [0.5, 0.6) is 0 Å². The lowest BCUT2D eigenvalue weighted by molar-refractivity contribution is 0.508. The molecule has 0 aromatic heterocycles. The van der Waals surface area contributed by atoms with Crippen LogP contribution in [0.1, 0.15) is 76.2 Å². The van der Waals surface area contributed by atoms with Crippen LogP contribution < -0.4 is 0 Å². The van der Waals surface area contributed by atoms with Crippen molar-refractivity contribution in [3.05, 3.63) is 35.9 Å². The number of hydrogen-bond acceptors (Lipinski definition) is 0. The van der Waals surface area contributed by atoms with Crippen molar-refractivity contribution in [2.75, 3.05) is 6.16 Å². The summed E-state index contributed by atoms with van der Waals surface area (Å²) < 4.78 is 0. The summed E-state index contributed by atoms with van der Waals surface area (Å²) >= 11 is 0. The molecule has 0 atom stereocenters. The number of rotatable bonds is 4. The van der Waals surface area contributed by atoms with E-state index in [0.717, 1.165) is 5.66 Å². The number of hydrogen-bond donors (Lipinski definition) is 0. The van der Waals surface area contributed by atoms with Crippen LogP contribution in [-0.4, -0.2) is 11.8 Å². The molecule has 0 N–H and O–H groups in total. The van der Waals surface area contributed by atoms with Crippen LogP contribution in [0, 0.1) is 0 Å². The second-order valence-corrected chi connectivity index (χ2v) is 8.10. The van der Waals surface area contributed by atoms with Gasteiger partial charge in [-0.05, 0) is 36.6 Å². The fraction of sp³-hybridized carbons (Fsp3) is 0.700. The third-order valence-electron chi connectivity index (χ3n) is 4.71. The smallest absolute Gasteiger partial charge is 0.0170 e. The van der Waals surface area contributed by atoms with E-state index >= 15 is 0 Å². The summed E-state index contributed by atoms with van der Waals surface area (Å²) in [6.07, 6.45) is 18.9. The van der Waals surface area contributed by atoms with Crippen molar-refractivity contribution in [1.82, 2.24) is 0 Å². The summed E-state index contributed by atoms with van der Waals surface area (Å²) in [6.45, 7) is 0. The Bertz CT molecular complexity index is 334. The second-order valence-electron chi connectivity index (χ2n) is 6.55. The molecule has 0 heterocycles. The van der Waals surface area contributed by atoms with Crippen molar-refractivity contribution in [2.45, 2.75) is 82.7 Å². The molecule has 1 aliphatic carbocycles. The highest BCUT2D eigenvalue weighted by atomic mass is 31.1. The SMILES string of the molecule is c1ccc(CC[P]C2CCCCCCCCCCC2)cc1. The van der Waals surface area contributed by atoms with Gasteiger partial charge in [0.2, 0.25) is 0 Å². The molecular formula is C20H32P. The van der Waals surface area contributed by atoms with Gasteiger partial charge in [0.1, 0.15) is 0 Å². The fourth-order valence-corrected chi connectivity index (χ4v) is 4.83. The third kappa shape index (κ3) is 8.01. The topological polar surface area (TPSA) is 0 Å². The first-order chi connectivity index (χ1) is 10.4. The van der Waals surface area contributed by atoms with Gasteiger partial charge in [-0.1, -0.05) is 96.7 Å². The van der Waals surface area contributed by atoms with Crippen LogP contribution in [0.25, 0.3) is 0 Å². The van der Waals surface area contributed by atoms with E-state index in [1.54, 1.807) is 8.58 Å². The first kappa shape index (κ1) is 17.0. The molecule has 1 heteroatoms. The van der Waals surface area contributed by atoms with Crippen LogP contribution in [0.3, 0.4) is 0 Å². The monoisotopic (exact) mass is 303 g/mol. The predicted molar refractivity (Wildman–Crippen MR) is 96.5 cm³/mol. The summed E-state index contributed by atoms with van der Waals surface area (Å²) in [4.78, 5) is 0. The Morgan fingerprint density at radius 1 is 0.714 bits per heavy atom. The maximum absolute atomic E-state index is 2.27. The summed E-state index contributed by atoms with van der Waals surface area (Å²) in [5.41, 5.74) is 2.49. The maximum Gasteiger partial charge on any atom is -0.0170 e. The molecular weight excluding hydrogens is 271 g/mol. The molecule has 1 fully saturated rings. The van der Waals surface area contributed by atoms with E-state index < -0.39 is 0 Å². The summed E-state index contributed by atoms with van der Waals surface area (Å²) in [5, 5.41) is 0. The van der Waals surface area contributed by atoms with E-state index in [4.69, 9.17) is 0 Å². The van der Waals surface area contributed by atoms with Crippen LogP contribution >= 0.6 is 8.58 Å². The Labute approximate surface area is 133 Å². The molecule has 117 valence electrons. The summed E-state index contributed by atoms with van der Waals surface area (Å²) in [6, 6.07) is 11.0. The van der Waals surface area contributed by atoms with E-state index in [1.807, 2.05) is 0 Å². The van der Waals surface area contributed by atoms with E-state index in [1.165, 1.54) is 88.8 Å². The van der Waals surface area contributed by atoms with Gasteiger partial charge in [-0.15, -0.1) is 0 Å². The van der Waals surface area contributed by atoms with E-state index in [9.17, 15) is 0 Å². The Hall–Kier alpha value is -0.350. The Morgan fingerprint density at radius 3 is 1.81 bits per heavy atom. The molecule has 0 bridgehead atoms. The van der Waals surface area contributed by atoms with Crippen LogP contribution in [0.2, 0.25) is 0 Å². The van der Waals surface area contributed by atoms with E-state index in [2.05, 4.69) is 30.3 Å². The van der Waals surface area contributed by atoms with Gasteiger partial charge >= 0.3 is 0 Å². The Balaban J connectivity index is 1.67. The molecule has 1 aromatic rings. The zero-order valence-corrected chi connectivity index (χ0v) is 14.5. The fourth-order valence-electron chi connectivity index (χ4n) is 3.35. The minimum atomic E-state index is 0.980. The summed E-state index contributed by atoms with van der Waals surface area (Å²) in [5.74, 6) is 0. The summed E-state index contributed by atoms with van der Waals surface area (Å²) in [7, 11) is 1.72. The first-order valence-electron chi connectivity index (χ1n) is 9.16. The molecule has 0 spiro atoms. The first-order valence-corrected chi connectivity index (χ1v) is 10.3. The molecule has 0 nitrogen and oxygen atoms in total. The van der Waals surface area contributed by atoms with Crippen molar-refractivity contribution in [3.8, 4) is 0 Å². The van der Waals surface area contributed by atoms with Crippen LogP contribution in [0.4, 0.5) is 0 Å². The highest BCUT2D eigenvalue weighted by Crippen LogP contribution is 2.30. The van der Waals surface area contributed by atoms with Crippen molar-refractivity contribution in [3.63, 3.8) is 0 Å². The lowest BCUT2D eigenvalue weighted by Gasteiger charge is -2.17. The van der Waals surface area contributed by atoms with Crippen molar-refractivity contribution < 1.29 is 0 Å². The molecule has 1 aliphatic rings. The van der Waals surface area contributed by atoms with Gasteiger partial charge in [0, 0.05) is 0 Å². The predicted octanol–water partition coefficient (Wildman–Crippen LogP) is 6.85. The van der Waals surface area contributed by atoms with Crippen LogP contribution in [-0.2, 0) is 6.42 Å². The van der Waals surface area contributed by atoms with Gasteiger partial charge in [0.05, 0.1) is 0 Å². The molecule has 0 unspecified atom stereocenters. The molecule has 21 heavy (non-hydrogen) atoms. The molecule has 0 amide bonds. The third-order valence-corrected chi connectivity index (χ3v) is 6.22. The quantitative estimate of drug-likeness (QED) is 0.534.